The summed E-state index contributed by atoms with van der Waals surface area (Å²) >= 11 is 6.10. The van der Waals surface area contributed by atoms with Crippen LogP contribution in [0, 0.1) is 0 Å². The second-order valence-electron chi connectivity index (χ2n) is 8.34. The molecular weight excluding hydrogens is 418 g/mol. The average Bonchev–Trinajstić information content (AvgIpc) is 3.19. The summed E-state index contributed by atoms with van der Waals surface area (Å²) in [4.78, 5) is 16.9. The molecule has 0 atom stereocenters. The van der Waals surface area contributed by atoms with Gasteiger partial charge in [-0.1, -0.05) is 41.9 Å². The van der Waals surface area contributed by atoms with E-state index in [0.717, 1.165) is 66.6 Å². The van der Waals surface area contributed by atoms with Crippen LogP contribution in [0.25, 0.3) is 22.2 Å². The highest BCUT2D eigenvalue weighted by atomic mass is 35.5. The molecule has 1 N–H and O–H groups in total. The fourth-order valence-electron chi connectivity index (χ4n) is 4.65. The van der Waals surface area contributed by atoms with E-state index in [-0.39, 0.29) is 5.78 Å². The van der Waals surface area contributed by atoms with Crippen LogP contribution in [0.3, 0.4) is 0 Å². The predicted molar refractivity (Wildman–Crippen MR) is 132 cm³/mol. The molecule has 0 saturated carbocycles. The lowest BCUT2D eigenvalue weighted by atomic mass is 9.96. The Hall–Kier alpha value is -3.11. The van der Waals surface area contributed by atoms with Crippen molar-refractivity contribution in [2.24, 2.45) is 0 Å². The van der Waals surface area contributed by atoms with E-state index in [0.29, 0.717) is 11.4 Å². The van der Waals surface area contributed by atoms with E-state index >= 15 is 0 Å². The molecule has 4 aromatic rings. The summed E-state index contributed by atoms with van der Waals surface area (Å²) < 4.78 is 2.38. The molecule has 0 saturated heterocycles. The standard InChI is InChI=1S/C27H26ClN3O/c28-20-11-12-21-23(13-15-30-24(21)17-20)29-14-4-5-16-31-25-9-6-10-27(32)22(25)18-26(31)19-7-2-1-3-8-19/h1-3,7-8,11-13,15,17-18H,4-6,9-10,14,16H2,(H,29,30). The Morgan fingerprint density at radius 3 is 2.75 bits per heavy atom. The molecule has 5 rings (SSSR count). The van der Waals surface area contributed by atoms with Crippen molar-refractivity contribution in [2.45, 2.75) is 38.6 Å². The zero-order valence-corrected chi connectivity index (χ0v) is 18.7. The van der Waals surface area contributed by atoms with Gasteiger partial charge in [-0.2, -0.15) is 0 Å². The molecule has 0 amide bonds. The number of fused-ring (bicyclic) bond motifs is 2. The number of anilines is 1. The number of hydrogen-bond donors (Lipinski definition) is 1. The third-order valence-corrected chi connectivity index (χ3v) is 6.46. The summed E-state index contributed by atoms with van der Waals surface area (Å²) in [5.41, 5.74) is 6.46. The van der Waals surface area contributed by atoms with Gasteiger partial charge in [0.25, 0.3) is 0 Å². The van der Waals surface area contributed by atoms with Crippen LogP contribution >= 0.6 is 11.6 Å². The van der Waals surface area contributed by atoms with E-state index in [1.54, 1.807) is 0 Å². The first-order chi connectivity index (χ1) is 15.7. The van der Waals surface area contributed by atoms with E-state index in [2.05, 4.69) is 45.2 Å². The van der Waals surface area contributed by atoms with Crippen LogP contribution in [-0.2, 0) is 13.0 Å². The molecule has 162 valence electrons. The smallest absolute Gasteiger partial charge is 0.164 e. The van der Waals surface area contributed by atoms with Gasteiger partial charge in [-0.3, -0.25) is 9.78 Å². The SMILES string of the molecule is O=C1CCCc2c1cc(-c1ccccc1)n2CCCCNc1ccnc2cc(Cl)ccc12. The van der Waals surface area contributed by atoms with Crippen LogP contribution in [0.5, 0.6) is 0 Å². The van der Waals surface area contributed by atoms with Crippen molar-refractivity contribution in [1.82, 2.24) is 9.55 Å². The van der Waals surface area contributed by atoms with Gasteiger partial charge >= 0.3 is 0 Å². The first-order valence-corrected chi connectivity index (χ1v) is 11.7. The Labute approximate surface area is 193 Å². The van der Waals surface area contributed by atoms with Crippen LogP contribution in [0.2, 0.25) is 5.02 Å². The highest BCUT2D eigenvalue weighted by Crippen LogP contribution is 2.31. The summed E-state index contributed by atoms with van der Waals surface area (Å²) in [7, 11) is 0. The van der Waals surface area contributed by atoms with Gasteiger partial charge in [0.1, 0.15) is 0 Å². The van der Waals surface area contributed by atoms with Crippen LogP contribution < -0.4 is 5.32 Å². The average molecular weight is 444 g/mol. The Bertz CT molecular complexity index is 1260. The Kier molecular flexibility index (Phi) is 5.95. The predicted octanol–water partition coefficient (Wildman–Crippen LogP) is 6.77. The second-order valence-corrected chi connectivity index (χ2v) is 8.77. The first-order valence-electron chi connectivity index (χ1n) is 11.3. The molecule has 0 aliphatic heterocycles. The molecule has 0 radical (unpaired) electrons. The van der Waals surface area contributed by atoms with Gasteiger partial charge in [-0.25, -0.2) is 0 Å². The minimum Gasteiger partial charge on any atom is -0.384 e. The molecule has 0 fully saturated rings. The molecule has 2 aromatic heterocycles. The summed E-state index contributed by atoms with van der Waals surface area (Å²) in [6.45, 7) is 1.80. The van der Waals surface area contributed by atoms with E-state index < -0.39 is 0 Å². The Morgan fingerprint density at radius 1 is 1.00 bits per heavy atom. The molecule has 0 spiro atoms. The largest absolute Gasteiger partial charge is 0.384 e. The van der Waals surface area contributed by atoms with Gasteiger partial charge in [0.15, 0.2) is 5.78 Å². The van der Waals surface area contributed by atoms with Crippen LogP contribution in [-0.4, -0.2) is 21.9 Å². The second kappa shape index (κ2) is 9.17. The summed E-state index contributed by atoms with van der Waals surface area (Å²) in [5.74, 6) is 0.286. The molecule has 0 bridgehead atoms. The number of benzene rings is 2. The lowest BCUT2D eigenvalue weighted by molar-refractivity contribution is 0.0971. The quantitative estimate of drug-likeness (QED) is 0.320. The van der Waals surface area contributed by atoms with E-state index in [1.807, 2.05) is 36.5 Å². The van der Waals surface area contributed by atoms with E-state index in [9.17, 15) is 4.79 Å². The lowest BCUT2D eigenvalue weighted by Gasteiger charge is -2.17. The number of halogens is 1. The molecule has 4 nitrogen and oxygen atoms in total. The topological polar surface area (TPSA) is 46.9 Å². The molecule has 0 unspecified atom stereocenters. The number of Topliss-reactive ketones (excluding diaryl/α,β-unsaturated/α-hetero) is 1. The van der Waals surface area contributed by atoms with Crippen molar-refractivity contribution in [1.29, 1.82) is 0 Å². The number of pyridine rings is 1. The number of unbranched alkanes of at least 4 members (excludes halogenated alkanes) is 1. The molecule has 5 heteroatoms. The summed E-state index contributed by atoms with van der Waals surface area (Å²) in [5, 5.41) is 5.34. The first kappa shape index (κ1) is 20.8. The van der Waals surface area contributed by atoms with Gasteiger partial charge < -0.3 is 9.88 Å². The molecule has 32 heavy (non-hydrogen) atoms. The summed E-state index contributed by atoms with van der Waals surface area (Å²) in [6, 6.07) is 20.3. The lowest BCUT2D eigenvalue weighted by Crippen LogP contribution is -2.14. The highest BCUT2D eigenvalue weighted by Gasteiger charge is 2.24. The minimum absolute atomic E-state index is 0.286. The normalized spacial score (nSPS) is 13.3. The zero-order chi connectivity index (χ0) is 21.9. The fourth-order valence-corrected chi connectivity index (χ4v) is 4.81. The Morgan fingerprint density at radius 2 is 1.88 bits per heavy atom. The van der Waals surface area contributed by atoms with Gasteiger partial charge in [0.05, 0.1) is 5.52 Å². The van der Waals surface area contributed by atoms with Crippen LogP contribution in [0.4, 0.5) is 5.69 Å². The molecule has 2 heterocycles. The van der Waals surface area contributed by atoms with Crippen LogP contribution in [0.1, 0.15) is 41.7 Å². The minimum atomic E-state index is 0.286. The number of nitrogens with one attached hydrogen (secondary N) is 1. The van der Waals surface area contributed by atoms with Crippen molar-refractivity contribution in [3.8, 4) is 11.3 Å². The fraction of sp³-hybridized carbons (Fsp3) is 0.259. The van der Waals surface area contributed by atoms with Crippen molar-refractivity contribution in [3.63, 3.8) is 0 Å². The number of nitrogens with zero attached hydrogens (tertiary/aromatic N) is 2. The monoisotopic (exact) mass is 443 g/mol. The maximum atomic E-state index is 12.5. The van der Waals surface area contributed by atoms with Crippen molar-refractivity contribution in [2.75, 3.05) is 11.9 Å². The third kappa shape index (κ3) is 4.15. The zero-order valence-electron chi connectivity index (χ0n) is 18.0. The highest BCUT2D eigenvalue weighted by molar-refractivity contribution is 6.31. The van der Waals surface area contributed by atoms with Crippen molar-refractivity contribution >= 4 is 34.0 Å². The van der Waals surface area contributed by atoms with Crippen molar-refractivity contribution < 1.29 is 4.79 Å². The maximum Gasteiger partial charge on any atom is 0.164 e. The number of carbonyl (C=O) groups excluding carboxylic acids is 1. The van der Waals surface area contributed by atoms with Gasteiger partial charge in [0.2, 0.25) is 0 Å². The Balaban J connectivity index is 1.28. The number of rotatable bonds is 7. The number of hydrogen-bond acceptors (Lipinski definition) is 3. The third-order valence-electron chi connectivity index (χ3n) is 6.22. The van der Waals surface area contributed by atoms with Crippen molar-refractivity contribution in [3.05, 3.63) is 83.1 Å². The van der Waals surface area contributed by atoms with E-state index in [4.69, 9.17) is 11.6 Å². The number of ketones is 1. The van der Waals surface area contributed by atoms with Gasteiger partial charge in [-0.05, 0) is 61.6 Å². The molecule has 2 aromatic carbocycles. The van der Waals surface area contributed by atoms with Gasteiger partial charge in [-0.15, -0.1) is 0 Å². The maximum absolute atomic E-state index is 12.5. The molecule has 1 aliphatic rings. The van der Waals surface area contributed by atoms with E-state index in [1.165, 1.54) is 11.3 Å². The van der Waals surface area contributed by atoms with Gasteiger partial charge in [0, 0.05) is 58.8 Å². The molecule has 1 aliphatic carbocycles. The number of aromatic nitrogens is 2. The number of carbonyl (C=O) groups is 1. The molecular formula is C27H26ClN3O. The summed E-state index contributed by atoms with van der Waals surface area (Å²) in [6.07, 6.45) is 6.49. The van der Waals surface area contributed by atoms with Crippen LogP contribution in [0.15, 0.2) is 66.9 Å².